The Morgan fingerprint density at radius 1 is 0.857 bits per heavy atom. The number of nitro groups is 1. The first-order chi connectivity index (χ1) is 16.0. The zero-order valence-corrected chi connectivity index (χ0v) is 16.9. The number of cyclic esters (lactones) is 1. The lowest BCUT2D eigenvalue weighted by atomic mass is 9.77. The molecule has 0 bridgehead atoms. The molecule has 1 saturated heterocycles. The molecule has 0 amide bonds. The smallest absolute Gasteiger partial charge is 0.413 e. The molecule has 3 rings (SSSR count). The van der Waals surface area contributed by atoms with E-state index >= 15 is 0 Å². The first kappa shape index (κ1) is 26.2. The minimum atomic E-state index is -6.41. The van der Waals surface area contributed by atoms with Gasteiger partial charge in [-0.05, 0) is 23.3 Å². The lowest BCUT2D eigenvalue weighted by molar-refractivity contribution is -0.491. The molecule has 0 radical (unpaired) electrons. The molecule has 0 unspecified atom stereocenters. The zero-order valence-electron chi connectivity index (χ0n) is 16.9. The average molecular weight is 517 g/mol. The van der Waals surface area contributed by atoms with Crippen molar-refractivity contribution in [1.82, 2.24) is 0 Å². The molecule has 0 N–H and O–H groups in total. The number of carbonyl (C=O) groups excluding carboxylic acids is 1. The van der Waals surface area contributed by atoms with Crippen LogP contribution in [0.4, 0.5) is 39.5 Å². The van der Waals surface area contributed by atoms with Gasteiger partial charge in [0.05, 0.1) is 11.5 Å². The predicted molar refractivity (Wildman–Crippen MR) is 96.2 cm³/mol. The van der Waals surface area contributed by atoms with Crippen LogP contribution in [0, 0.1) is 10.1 Å². The molecule has 0 aromatic heterocycles. The van der Waals surface area contributed by atoms with Crippen molar-refractivity contribution in [2.45, 2.75) is 35.8 Å². The van der Waals surface area contributed by atoms with Crippen LogP contribution in [0.15, 0.2) is 54.6 Å². The third-order valence-corrected chi connectivity index (χ3v) is 5.26. The van der Waals surface area contributed by atoms with Crippen molar-refractivity contribution in [3.8, 4) is 0 Å². The summed E-state index contributed by atoms with van der Waals surface area (Å²) in [5.41, 5.74) is -6.10. The van der Waals surface area contributed by atoms with Gasteiger partial charge in [0.15, 0.2) is 0 Å². The molecule has 2 aromatic rings. The molecule has 0 aliphatic carbocycles. The van der Waals surface area contributed by atoms with Crippen molar-refractivity contribution in [1.29, 1.82) is 0 Å². The van der Waals surface area contributed by atoms with Gasteiger partial charge in [0.2, 0.25) is 12.1 Å². The molecule has 6 nitrogen and oxygen atoms in total. The Hall–Kier alpha value is -3.36. The summed E-state index contributed by atoms with van der Waals surface area (Å²) in [6.07, 6.45) is -17.8. The maximum absolute atomic E-state index is 13.7. The first-order valence-corrected chi connectivity index (χ1v) is 9.37. The second-order valence-corrected chi connectivity index (χ2v) is 7.39. The van der Waals surface area contributed by atoms with Crippen molar-refractivity contribution >= 4 is 5.97 Å². The van der Waals surface area contributed by atoms with E-state index in [1.54, 1.807) is 0 Å². The number of ether oxygens (including phenoxy) is 2. The number of rotatable bonds is 5. The van der Waals surface area contributed by atoms with E-state index < -0.39 is 64.4 Å². The Morgan fingerprint density at radius 3 is 1.77 bits per heavy atom. The Morgan fingerprint density at radius 2 is 1.37 bits per heavy atom. The van der Waals surface area contributed by atoms with Crippen molar-refractivity contribution in [3.05, 3.63) is 81.4 Å². The third kappa shape index (κ3) is 4.39. The number of esters is 1. The number of nitrogens with zero attached hydrogens (tertiary/aromatic N) is 1. The molecular formula is C20H12F9NO5. The highest BCUT2D eigenvalue weighted by atomic mass is 19.4. The van der Waals surface area contributed by atoms with E-state index in [0.29, 0.717) is 12.1 Å². The summed E-state index contributed by atoms with van der Waals surface area (Å²) in [7, 11) is 0. The van der Waals surface area contributed by atoms with Crippen LogP contribution >= 0.6 is 0 Å². The molecule has 0 spiro atoms. The van der Waals surface area contributed by atoms with Crippen LogP contribution in [0.25, 0.3) is 0 Å². The fourth-order valence-corrected chi connectivity index (χ4v) is 3.69. The van der Waals surface area contributed by atoms with Crippen LogP contribution < -0.4 is 0 Å². The molecular weight excluding hydrogens is 505 g/mol. The van der Waals surface area contributed by atoms with Gasteiger partial charge in [-0.1, -0.05) is 42.5 Å². The van der Waals surface area contributed by atoms with E-state index in [1.807, 2.05) is 0 Å². The van der Waals surface area contributed by atoms with Crippen molar-refractivity contribution in [2.24, 2.45) is 0 Å². The second kappa shape index (κ2) is 8.39. The van der Waals surface area contributed by atoms with E-state index in [-0.39, 0.29) is 17.7 Å². The van der Waals surface area contributed by atoms with Crippen LogP contribution in [-0.2, 0) is 26.0 Å². The number of carbonyl (C=O) groups is 1. The monoisotopic (exact) mass is 517 g/mol. The zero-order chi connectivity index (χ0) is 26.4. The summed E-state index contributed by atoms with van der Waals surface area (Å²) in [5.74, 6) is -10.0. The molecule has 2 atom stereocenters. The molecule has 1 aliphatic heterocycles. The number of hydrogen-bond acceptors (Lipinski definition) is 5. The number of alkyl halides is 9. The highest BCUT2D eigenvalue weighted by Gasteiger charge is 2.84. The van der Waals surface area contributed by atoms with Crippen LogP contribution in [0.5, 0.6) is 0 Å². The van der Waals surface area contributed by atoms with Gasteiger partial charge in [0, 0.05) is 4.92 Å². The highest BCUT2D eigenvalue weighted by molar-refractivity contribution is 5.85. The average Bonchev–Trinajstić information content (AvgIpc) is 3.07. The minimum Gasteiger partial charge on any atom is -0.413 e. The summed E-state index contributed by atoms with van der Waals surface area (Å²) >= 11 is 0. The first-order valence-electron chi connectivity index (χ1n) is 9.37. The van der Waals surface area contributed by atoms with Gasteiger partial charge in [-0.25, -0.2) is 4.79 Å². The minimum absolute atomic E-state index is 0.281. The summed E-state index contributed by atoms with van der Waals surface area (Å²) in [6, 6.07) is 7.32. The van der Waals surface area contributed by atoms with E-state index in [1.165, 1.54) is 18.2 Å². The van der Waals surface area contributed by atoms with Crippen molar-refractivity contribution < 1.29 is 58.7 Å². The summed E-state index contributed by atoms with van der Waals surface area (Å²) in [5, 5.41) is 11.4. The van der Waals surface area contributed by atoms with Gasteiger partial charge >= 0.3 is 30.3 Å². The summed E-state index contributed by atoms with van der Waals surface area (Å²) in [4.78, 5) is 23.1. The lowest BCUT2D eigenvalue weighted by Gasteiger charge is -2.35. The van der Waals surface area contributed by atoms with Gasteiger partial charge in [-0.15, -0.1) is 0 Å². The fourth-order valence-electron chi connectivity index (χ4n) is 3.69. The van der Waals surface area contributed by atoms with Crippen LogP contribution in [0.1, 0.15) is 22.6 Å². The Balaban J connectivity index is 2.35. The van der Waals surface area contributed by atoms with Gasteiger partial charge in [0.25, 0.3) is 0 Å². The summed E-state index contributed by atoms with van der Waals surface area (Å²) < 4.78 is 129. The van der Waals surface area contributed by atoms with Gasteiger partial charge in [-0.2, -0.15) is 39.5 Å². The molecule has 2 aromatic carbocycles. The maximum Gasteiger partial charge on any atom is 0.465 e. The van der Waals surface area contributed by atoms with Crippen LogP contribution in [0.2, 0.25) is 0 Å². The quantitative estimate of drug-likeness (QED) is 0.231. The second-order valence-electron chi connectivity index (χ2n) is 7.39. The van der Waals surface area contributed by atoms with Crippen molar-refractivity contribution in [2.75, 3.05) is 6.54 Å². The van der Waals surface area contributed by atoms with E-state index in [0.717, 1.165) is 12.1 Å². The van der Waals surface area contributed by atoms with E-state index in [2.05, 4.69) is 9.47 Å². The SMILES string of the molecule is O=C1OC(C(F)(F)F)(C(F)(F)F)O[C@@]1(c1ccc(C(F)(F)F)cc1)[C@@H](C[N+](=O)[O-])c1ccccc1. The van der Waals surface area contributed by atoms with Gasteiger partial charge in [0.1, 0.15) is 0 Å². The van der Waals surface area contributed by atoms with Gasteiger partial charge in [-0.3, -0.25) is 10.1 Å². The molecule has 1 aliphatic rings. The van der Waals surface area contributed by atoms with Crippen LogP contribution in [0.3, 0.4) is 0 Å². The van der Waals surface area contributed by atoms with Gasteiger partial charge < -0.3 is 9.47 Å². The third-order valence-electron chi connectivity index (χ3n) is 5.26. The van der Waals surface area contributed by atoms with Crippen LogP contribution in [-0.4, -0.2) is 35.6 Å². The molecule has 35 heavy (non-hydrogen) atoms. The normalized spacial score (nSPS) is 21.5. The van der Waals surface area contributed by atoms with E-state index in [9.17, 15) is 54.4 Å². The van der Waals surface area contributed by atoms with Crippen molar-refractivity contribution in [3.63, 3.8) is 0 Å². The predicted octanol–water partition coefficient (Wildman–Crippen LogP) is 5.36. The Kier molecular flexibility index (Phi) is 6.29. The lowest BCUT2D eigenvalue weighted by Crippen LogP contribution is -2.59. The Labute approximate surface area is 189 Å². The van der Waals surface area contributed by atoms with E-state index in [4.69, 9.17) is 0 Å². The Bertz CT molecular complexity index is 1080. The topological polar surface area (TPSA) is 78.7 Å². The fraction of sp³-hybridized carbons (Fsp3) is 0.350. The highest BCUT2D eigenvalue weighted by Crippen LogP contribution is 2.58. The number of benzene rings is 2. The standard InChI is InChI=1S/C20H12F9NO5/c21-17(22,23)13-8-6-12(7-9-13)16(14(10-30(32)33)11-4-2-1-3-5-11)15(31)34-18(35-16,19(24,25)26)20(27,28)29/h1-9,14H,10H2/t14-,16-/m0/s1. The molecule has 0 saturated carbocycles. The molecule has 190 valence electrons. The summed E-state index contributed by atoms with van der Waals surface area (Å²) in [6.45, 7) is -1.44. The molecule has 15 heteroatoms. The maximum atomic E-state index is 13.7. The number of hydrogen-bond donors (Lipinski definition) is 0. The largest absolute Gasteiger partial charge is 0.465 e. The molecule has 1 fully saturated rings. The number of halogens is 9. The molecule has 1 heterocycles.